The van der Waals surface area contributed by atoms with E-state index >= 15 is 0 Å². The van der Waals surface area contributed by atoms with Crippen LogP contribution in [0.4, 0.5) is 0 Å². The van der Waals surface area contributed by atoms with E-state index in [1.165, 1.54) is 4.90 Å². The van der Waals surface area contributed by atoms with Crippen LogP contribution in [0.2, 0.25) is 0 Å². The number of halogens is 1. The minimum atomic E-state index is -0.923. The summed E-state index contributed by atoms with van der Waals surface area (Å²) in [6.07, 6.45) is 0.734. The summed E-state index contributed by atoms with van der Waals surface area (Å²) in [5.74, 6) is -1.01. The van der Waals surface area contributed by atoms with Crippen molar-refractivity contribution in [2.45, 2.75) is 25.4 Å². The van der Waals surface area contributed by atoms with Gasteiger partial charge in [0.2, 0.25) is 5.91 Å². The van der Waals surface area contributed by atoms with Crippen LogP contribution in [0, 0.1) is 0 Å². The lowest BCUT2D eigenvalue weighted by Gasteiger charge is -2.21. The van der Waals surface area contributed by atoms with Crippen molar-refractivity contribution < 1.29 is 14.7 Å². The molecule has 1 aliphatic rings. The number of likely N-dealkylation sites (tertiary alicyclic amines) is 1. The molecule has 4 nitrogen and oxygen atoms in total. The van der Waals surface area contributed by atoms with E-state index in [0.717, 1.165) is 10.0 Å². The monoisotopic (exact) mass is 297 g/mol. The molecule has 1 aromatic rings. The Morgan fingerprint density at radius 1 is 1.41 bits per heavy atom. The second-order valence-electron chi connectivity index (χ2n) is 4.04. The number of carboxylic acid groups (broad SMARTS) is 1. The average Bonchev–Trinajstić information content (AvgIpc) is 2.64. The number of carboxylic acids is 1. The fourth-order valence-electron chi connectivity index (χ4n) is 1.98. The minimum Gasteiger partial charge on any atom is -0.480 e. The van der Waals surface area contributed by atoms with E-state index < -0.39 is 12.0 Å². The number of rotatable bonds is 3. The Morgan fingerprint density at radius 3 is 2.65 bits per heavy atom. The second-order valence-corrected chi connectivity index (χ2v) is 4.96. The van der Waals surface area contributed by atoms with Crippen molar-refractivity contribution in [2.24, 2.45) is 0 Å². The second kappa shape index (κ2) is 4.87. The van der Waals surface area contributed by atoms with Gasteiger partial charge in [-0.25, -0.2) is 4.79 Å². The van der Waals surface area contributed by atoms with Crippen LogP contribution in [0.1, 0.15) is 18.4 Å². The van der Waals surface area contributed by atoms with Crippen molar-refractivity contribution in [1.82, 2.24) is 4.90 Å². The van der Waals surface area contributed by atoms with Crippen molar-refractivity contribution >= 4 is 27.8 Å². The first-order valence-corrected chi connectivity index (χ1v) is 6.14. The first-order valence-electron chi connectivity index (χ1n) is 5.34. The predicted molar refractivity (Wildman–Crippen MR) is 65.3 cm³/mol. The maximum absolute atomic E-state index is 11.6. The third kappa shape index (κ3) is 2.66. The first kappa shape index (κ1) is 12.1. The SMILES string of the molecule is O=C(O)[C@@H]1CCC(=O)N1Cc1ccc(Br)cc1. The Labute approximate surface area is 107 Å². The summed E-state index contributed by atoms with van der Waals surface area (Å²) in [6.45, 7) is 0.364. The number of hydrogen-bond acceptors (Lipinski definition) is 2. The molecule has 90 valence electrons. The molecular formula is C12H12BrNO3. The number of amides is 1. The molecule has 0 spiro atoms. The minimum absolute atomic E-state index is 0.0830. The Morgan fingerprint density at radius 2 is 2.06 bits per heavy atom. The van der Waals surface area contributed by atoms with E-state index in [2.05, 4.69) is 15.9 Å². The molecule has 0 saturated carbocycles. The molecule has 1 atom stereocenters. The van der Waals surface area contributed by atoms with Gasteiger partial charge in [-0.1, -0.05) is 28.1 Å². The Kier molecular flexibility index (Phi) is 3.47. The summed E-state index contributed by atoms with van der Waals surface area (Å²) in [5.41, 5.74) is 0.940. The van der Waals surface area contributed by atoms with E-state index in [1.807, 2.05) is 24.3 Å². The molecule has 0 unspecified atom stereocenters. The fraction of sp³-hybridized carbons (Fsp3) is 0.333. The van der Waals surface area contributed by atoms with Crippen molar-refractivity contribution in [2.75, 3.05) is 0 Å². The largest absolute Gasteiger partial charge is 0.480 e. The van der Waals surface area contributed by atoms with Crippen molar-refractivity contribution in [3.05, 3.63) is 34.3 Å². The molecule has 1 N–H and O–H groups in total. The molecular weight excluding hydrogens is 286 g/mol. The molecule has 1 saturated heterocycles. The van der Waals surface area contributed by atoms with Gasteiger partial charge in [-0.05, 0) is 24.1 Å². The zero-order valence-corrected chi connectivity index (χ0v) is 10.7. The van der Waals surface area contributed by atoms with Crippen molar-refractivity contribution in [3.63, 3.8) is 0 Å². The number of carbonyl (C=O) groups excluding carboxylic acids is 1. The van der Waals surface area contributed by atoms with Crippen LogP contribution in [0.5, 0.6) is 0 Å². The average molecular weight is 298 g/mol. The lowest BCUT2D eigenvalue weighted by atomic mass is 10.2. The van der Waals surface area contributed by atoms with Gasteiger partial charge in [0, 0.05) is 17.4 Å². The zero-order valence-electron chi connectivity index (χ0n) is 9.10. The summed E-state index contributed by atoms with van der Waals surface area (Å²) >= 11 is 3.33. The molecule has 5 heteroatoms. The van der Waals surface area contributed by atoms with Gasteiger partial charge in [-0.3, -0.25) is 4.79 Å². The third-order valence-corrected chi connectivity index (χ3v) is 3.41. The van der Waals surface area contributed by atoms with Gasteiger partial charge < -0.3 is 10.0 Å². The maximum atomic E-state index is 11.6. The van der Waals surface area contributed by atoms with Crippen LogP contribution in [0.3, 0.4) is 0 Å². The van der Waals surface area contributed by atoms with Gasteiger partial charge in [0.05, 0.1) is 0 Å². The highest BCUT2D eigenvalue weighted by Gasteiger charge is 2.35. The smallest absolute Gasteiger partial charge is 0.326 e. The lowest BCUT2D eigenvalue weighted by Crippen LogP contribution is -2.37. The van der Waals surface area contributed by atoms with E-state index in [-0.39, 0.29) is 5.91 Å². The first-order chi connectivity index (χ1) is 8.08. The molecule has 1 heterocycles. The van der Waals surface area contributed by atoms with Gasteiger partial charge in [0.1, 0.15) is 6.04 Å². The fourth-order valence-corrected chi connectivity index (χ4v) is 2.24. The van der Waals surface area contributed by atoms with Crippen LogP contribution >= 0.6 is 15.9 Å². The number of carbonyl (C=O) groups is 2. The Bertz CT molecular complexity index is 444. The molecule has 0 aliphatic carbocycles. The molecule has 1 aliphatic heterocycles. The number of nitrogens with zero attached hydrogens (tertiary/aromatic N) is 1. The van der Waals surface area contributed by atoms with Crippen molar-refractivity contribution in [3.8, 4) is 0 Å². The van der Waals surface area contributed by atoms with E-state index in [1.54, 1.807) is 0 Å². The Balaban J connectivity index is 2.13. The highest BCUT2D eigenvalue weighted by atomic mass is 79.9. The van der Waals surface area contributed by atoms with Crippen LogP contribution in [0.25, 0.3) is 0 Å². The maximum Gasteiger partial charge on any atom is 0.326 e. The summed E-state index contributed by atoms with van der Waals surface area (Å²) in [5, 5.41) is 9.02. The molecule has 2 rings (SSSR count). The number of aliphatic carboxylic acids is 1. The van der Waals surface area contributed by atoms with Gasteiger partial charge in [-0.15, -0.1) is 0 Å². The van der Waals surface area contributed by atoms with Gasteiger partial charge in [-0.2, -0.15) is 0 Å². The third-order valence-electron chi connectivity index (χ3n) is 2.88. The van der Waals surface area contributed by atoms with Crippen molar-refractivity contribution in [1.29, 1.82) is 0 Å². The molecule has 1 aromatic carbocycles. The normalized spacial score (nSPS) is 19.7. The van der Waals surface area contributed by atoms with Gasteiger partial charge >= 0.3 is 5.97 Å². The van der Waals surface area contributed by atoms with Crippen LogP contribution < -0.4 is 0 Å². The highest BCUT2D eigenvalue weighted by Crippen LogP contribution is 2.22. The zero-order chi connectivity index (χ0) is 12.4. The number of hydrogen-bond donors (Lipinski definition) is 1. The summed E-state index contributed by atoms with van der Waals surface area (Å²) in [7, 11) is 0. The molecule has 0 bridgehead atoms. The number of benzene rings is 1. The quantitative estimate of drug-likeness (QED) is 0.929. The summed E-state index contributed by atoms with van der Waals surface area (Å²) < 4.78 is 0.962. The molecule has 1 fully saturated rings. The summed E-state index contributed by atoms with van der Waals surface area (Å²) in [4.78, 5) is 24.1. The van der Waals surface area contributed by atoms with Crippen LogP contribution in [-0.2, 0) is 16.1 Å². The van der Waals surface area contributed by atoms with Crippen LogP contribution in [-0.4, -0.2) is 27.9 Å². The highest BCUT2D eigenvalue weighted by molar-refractivity contribution is 9.10. The van der Waals surface area contributed by atoms with Gasteiger partial charge in [0.15, 0.2) is 0 Å². The molecule has 1 amide bonds. The molecule has 0 radical (unpaired) electrons. The predicted octanol–water partition coefficient (Wildman–Crippen LogP) is 2.02. The van der Waals surface area contributed by atoms with E-state index in [4.69, 9.17) is 5.11 Å². The molecule has 17 heavy (non-hydrogen) atoms. The van der Waals surface area contributed by atoms with E-state index in [9.17, 15) is 9.59 Å². The van der Waals surface area contributed by atoms with Crippen LogP contribution in [0.15, 0.2) is 28.7 Å². The lowest BCUT2D eigenvalue weighted by molar-refractivity contribution is -0.146. The Hall–Kier alpha value is -1.36. The van der Waals surface area contributed by atoms with Gasteiger partial charge in [0.25, 0.3) is 0 Å². The standard InChI is InChI=1S/C12H12BrNO3/c13-9-3-1-8(2-4-9)7-14-10(12(16)17)5-6-11(14)15/h1-4,10H,5-7H2,(H,16,17)/t10-/m0/s1. The molecule has 0 aromatic heterocycles. The topological polar surface area (TPSA) is 57.6 Å². The van der Waals surface area contributed by atoms with E-state index in [0.29, 0.717) is 19.4 Å². The summed E-state index contributed by atoms with van der Waals surface area (Å²) in [6, 6.07) is 6.85.